The zero-order valence-corrected chi connectivity index (χ0v) is 10.9. The number of aromatic nitrogens is 1. The normalized spacial score (nSPS) is 11.6. The minimum atomic E-state index is -0.221. The van der Waals surface area contributed by atoms with Crippen molar-refractivity contribution in [3.63, 3.8) is 0 Å². The van der Waals surface area contributed by atoms with E-state index in [1.165, 1.54) is 0 Å². The van der Waals surface area contributed by atoms with Gasteiger partial charge in [-0.1, -0.05) is 18.6 Å². The summed E-state index contributed by atoms with van der Waals surface area (Å²) < 4.78 is 5.65. The number of fused-ring (bicyclic) bond motifs is 1. The summed E-state index contributed by atoms with van der Waals surface area (Å²) in [4.78, 5) is 4.44. The minimum absolute atomic E-state index is 0.221. The van der Waals surface area contributed by atoms with Crippen molar-refractivity contribution >= 4 is 11.1 Å². The van der Waals surface area contributed by atoms with Crippen LogP contribution in [0.25, 0.3) is 11.1 Å². The Labute approximate surface area is 107 Å². The lowest BCUT2D eigenvalue weighted by molar-refractivity contribution is 0.417. The molecule has 0 aliphatic carbocycles. The van der Waals surface area contributed by atoms with Crippen molar-refractivity contribution in [3.05, 3.63) is 30.2 Å². The number of rotatable bonds is 5. The molecule has 0 amide bonds. The van der Waals surface area contributed by atoms with Crippen LogP contribution in [0.4, 0.5) is 0 Å². The van der Waals surface area contributed by atoms with Crippen molar-refractivity contribution in [2.75, 3.05) is 0 Å². The van der Waals surface area contributed by atoms with Crippen LogP contribution in [0.3, 0.4) is 0 Å². The Morgan fingerprint density at radius 3 is 2.78 bits per heavy atom. The molecule has 0 saturated heterocycles. The SMILES string of the molecule is CC(C)(C#N)CCCCc1nc2ccccc2o1. The van der Waals surface area contributed by atoms with Gasteiger partial charge in [-0.05, 0) is 38.8 Å². The number of oxazole rings is 1. The molecule has 2 rings (SSSR count). The number of aryl methyl sites for hydroxylation is 1. The predicted octanol–water partition coefficient (Wildman–Crippen LogP) is 4.09. The fraction of sp³-hybridized carbons (Fsp3) is 0.467. The first kappa shape index (κ1) is 12.6. The van der Waals surface area contributed by atoms with Crippen LogP contribution in [0.2, 0.25) is 0 Å². The summed E-state index contributed by atoms with van der Waals surface area (Å²) in [6, 6.07) is 10.1. The third-order valence-corrected chi connectivity index (χ3v) is 3.08. The number of nitriles is 1. The topological polar surface area (TPSA) is 49.8 Å². The van der Waals surface area contributed by atoms with Crippen molar-refractivity contribution in [2.24, 2.45) is 5.41 Å². The average Bonchev–Trinajstić information content (AvgIpc) is 2.77. The van der Waals surface area contributed by atoms with Crippen LogP contribution >= 0.6 is 0 Å². The lowest BCUT2D eigenvalue weighted by Gasteiger charge is -2.13. The van der Waals surface area contributed by atoms with Gasteiger partial charge in [0.05, 0.1) is 11.5 Å². The van der Waals surface area contributed by atoms with Crippen molar-refractivity contribution < 1.29 is 4.42 Å². The Kier molecular flexibility index (Phi) is 3.66. The van der Waals surface area contributed by atoms with Gasteiger partial charge < -0.3 is 4.42 Å². The highest BCUT2D eigenvalue weighted by molar-refractivity contribution is 5.72. The average molecular weight is 242 g/mol. The van der Waals surface area contributed by atoms with Crippen LogP contribution in [0.15, 0.2) is 28.7 Å². The van der Waals surface area contributed by atoms with Gasteiger partial charge >= 0.3 is 0 Å². The van der Waals surface area contributed by atoms with Gasteiger partial charge in [0.15, 0.2) is 11.5 Å². The fourth-order valence-electron chi connectivity index (χ4n) is 1.93. The molecule has 18 heavy (non-hydrogen) atoms. The highest BCUT2D eigenvalue weighted by Crippen LogP contribution is 2.23. The van der Waals surface area contributed by atoms with E-state index in [1.807, 2.05) is 38.1 Å². The molecule has 3 heteroatoms. The first-order chi connectivity index (χ1) is 8.61. The smallest absolute Gasteiger partial charge is 0.195 e. The maximum atomic E-state index is 8.92. The van der Waals surface area contributed by atoms with E-state index in [4.69, 9.17) is 9.68 Å². The zero-order valence-electron chi connectivity index (χ0n) is 10.9. The Hall–Kier alpha value is -1.82. The number of hydrogen-bond acceptors (Lipinski definition) is 3. The maximum Gasteiger partial charge on any atom is 0.195 e. The molecular formula is C15H18N2O. The number of nitrogens with zero attached hydrogens (tertiary/aromatic N) is 2. The van der Waals surface area contributed by atoms with Gasteiger partial charge in [0.1, 0.15) is 5.52 Å². The lowest BCUT2D eigenvalue weighted by Crippen LogP contribution is -2.07. The van der Waals surface area contributed by atoms with Crippen LogP contribution in [0, 0.1) is 16.7 Å². The number of unbranched alkanes of at least 4 members (excludes halogenated alkanes) is 1. The Balaban J connectivity index is 1.86. The highest BCUT2D eigenvalue weighted by atomic mass is 16.3. The second-order valence-electron chi connectivity index (χ2n) is 5.28. The van der Waals surface area contributed by atoms with Crippen molar-refractivity contribution in [2.45, 2.75) is 39.5 Å². The molecule has 0 bridgehead atoms. The molecule has 1 heterocycles. The Bertz CT molecular complexity index is 530. The van der Waals surface area contributed by atoms with Crippen LogP contribution in [-0.4, -0.2) is 4.98 Å². The summed E-state index contributed by atoms with van der Waals surface area (Å²) in [6.07, 6.45) is 3.80. The Morgan fingerprint density at radius 1 is 1.28 bits per heavy atom. The highest BCUT2D eigenvalue weighted by Gasteiger charge is 2.15. The van der Waals surface area contributed by atoms with E-state index in [1.54, 1.807) is 0 Å². The number of benzene rings is 1. The quantitative estimate of drug-likeness (QED) is 0.742. The van der Waals surface area contributed by atoms with E-state index in [-0.39, 0.29) is 5.41 Å². The first-order valence-corrected chi connectivity index (χ1v) is 6.36. The van der Waals surface area contributed by atoms with Gasteiger partial charge in [-0.3, -0.25) is 0 Å². The fourth-order valence-corrected chi connectivity index (χ4v) is 1.93. The minimum Gasteiger partial charge on any atom is -0.441 e. The summed E-state index contributed by atoms with van der Waals surface area (Å²) in [6.45, 7) is 3.96. The van der Waals surface area contributed by atoms with Crippen molar-refractivity contribution in [3.8, 4) is 6.07 Å². The second kappa shape index (κ2) is 5.22. The second-order valence-corrected chi connectivity index (χ2v) is 5.28. The maximum absolute atomic E-state index is 8.92. The van der Waals surface area contributed by atoms with Crippen LogP contribution in [0.1, 0.15) is 39.0 Å². The van der Waals surface area contributed by atoms with Crippen LogP contribution in [-0.2, 0) is 6.42 Å². The van der Waals surface area contributed by atoms with E-state index in [2.05, 4.69) is 11.1 Å². The summed E-state index contributed by atoms with van der Waals surface area (Å²) in [5.74, 6) is 0.797. The molecule has 3 nitrogen and oxygen atoms in total. The molecular weight excluding hydrogens is 224 g/mol. The van der Waals surface area contributed by atoms with E-state index in [0.29, 0.717) is 0 Å². The Morgan fingerprint density at radius 2 is 2.06 bits per heavy atom. The molecule has 0 fully saturated rings. The molecule has 0 atom stereocenters. The van der Waals surface area contributed by atoms with Crippen molar-refractivity contribution in [1.82, 2.24) is 4.98 Å². The van der Waals surface area contributed by atoms with Gasteiger partial charge in [-0.2, -0.15) is 5.26 Å². The van der Waals surface area contributed by atoms with Crippen LogP contribution in [0.5, 0.6) is 0 Å². The van der Waals surface area contributed by atoms with Gasteiger partial charge in [0, 0.05) is 6.42 Å². The first-order valence-electron chi connectivity index (χ1n) is 6.36. The van der Waals surface area contributed by atoms with Crippen molar-refractivity contribution in [1.29, 1.82) is 5.26 Å². The van der Waals surface area contributed by atoms with Gasteiger partial charge in [0.2, 0.25) is 0 Å². The van der Waals surface area contributed by atoms with Gasteiger partial charge in [-0.25, -0.2) is 4.98 Å². The third-order valence-electron chi connectivity index (χ3n) is 3.08. The number of para-hydroxylation sites is 2. The molecule has 0 saturated carbocycles. The summed E-state index contributed by atoms with van der Waals surface area (Å²) in [5.41, 5.74) is 1.55. The monoisotopic (exact) mass is 242 g/mol. The molecule has 0 N–H and O–H groups in total. The standard InChI is InChI=1S/C15H18N2O/c1-15(2,11-16)10-6-5-9-14-17-12-7-3-4-8-13(12)18-14/h3-4,7-8H,5-6,9-10H2,1-2H3. The molecule has 94 valence electrons. The molecule has 0 spiro atoms. The molecule has 1 aromatic carbocycles. The molecule has 1 aromatic heterocycles. The molecule has 0 unspecified atom stereocenters. The largest absolute Gasteiger partial charge is 0.441 e. The van der Waals surface area contributed by atoms with E-state index in [0.717, 1.165) is 42.7 Å². The van der Waals surface area contributed by atoms with E-state index in [9.17, 15) is 0 Å². The van der Waals surface area contributed by atoms with Gasteiger partial charge in [-0.15, -0.1) is 0 Å². The zero-order chi connectivity index (χ0) is 13.0. The van der Waals surface area contributed by atoms with Crippen LogP contribution < -0.4 is 0 Å². The summed E-state index contributed by atoms with van der Waals surface area (Å²) in [7, 11) is 0. The molecule has 2 aromatic rings. The van der Waals surface area contributed by atoms with E-state index < -0.39 is 0 Å². The van der Waals surface area contributed by atoms with E-state index >= 15 is 0 Å². The predicted molar refractivity (Wildman–Crippen MR) is 71.0 cm³/mol. The molecule has 0 aliphatic rings. The number of hydrogen-bond donors (Lipinski definition) is 0. The van der Waals surface area contributed by atoms with Gasteiger partial charge in [0.25, 0.3) is 0 Å². The summed E-state index contributed by atoms with van der Waals surface area (Å²) >= 11 is 0. The third kappa shape index (κ3) is 3.10. The molecule has 0 radical (unpaired) electrons. The molecule has 0 aliphatic heterocycles. The lowest BCUT2D eigenvalue weighted by atomic mass is 9.89. The summed E-state index contributed by atoms with van der Waals surface area (Å²) in [5, 5.41) is 8.92.